The normalized spacial score (nSPS) is 27.7. The van der Waals surface area contributed by atoms with E-state index in [9.17, 15) is 18.3 Å². The molecule has 1 aromatic rings. The maximum absolute atomic E-state index is 12.3. The second-order valence-electron chi connectivity index (χ2n) is 7.26. The molecule has 3 unspecified atom stereocenters. The Morgan fingerprint density at radius 1 is 1.15 bits per heavy atom. The van der Waals surface area contributed by atoms with E-state index in [1.54, 1.807) is 12.1 Å². The summed E-state index contributed by atoms with van der Waals surface area (Å²) in [6.45, 7) is 3.71. The number of benzene rings is 1. The number of ether oxygens (including phenoxy) is 1. The molecule has 1 aliphatic carbocycles. The molecule has 0 aromatic heterocycles. The molecule has 9 heteroatoms. The SMILES string of the molecule is CC(c1ccc(OC(F)(F)F)cc1)C1(O)CCC1N1CCC(N)CC1.Cl.Cl. The Kier molecular flexibility index (Phi) is 8.26. The van der Waals surface area contributed by atoms with Crippen molar-refractivity contribution in [1.29, 1.82) is 0 Å². The van der Waals surface area contributed by atoms with E-state index in [1.165, 1.54) is 12.1 Å². The predicted molar refractivity (Wildman–Crippen MR) is 103 cm³/mol. The number of piperidine rings is 1. The van der Waals surface area contributed by atoms with Crippen molar-refractivity contribution < 1.29 is 23.0 Å². The number of hydrogen-bond donors (Lipinski definition) is 2. The lowest BCUT2D eigenvalue weighted by Gasteiger charge is -2.55. The number of rotatable bonds is 4. The third-order valence-electron chi connectivity index (χ3n) is 5.77. The van der Waals surface area contributed by atoms with Gasteiger partial charge < -0.3 is 15.6 Å². The van der Waals surface area contributed by atoms with E-state index in [0.717, 1.165) is 37.9 Å². The minimum atomic E-state index is -4.69. The molecule has 1 aliphatic heterocycles. The van der Waals surface area contributed by atoms with Gasteiger partial charge in [0.15, 0.2) is 0 Å². The highest BCUT2D eigenvalue weighted by atomic mass is 35.5. The van der Waals surface area contributed by atoms with Crippen LogP contribution in [0, 0.1) is 0 Å². The molecule has 0 bridgehead atoms. The summed E-state index contributed by atoms with van der Waals surface area (Å²) in [6, 6.07) is 6.13. The van der Waals surface area contributed by atoms with Gasteiger partial charge in [-0.05, 0) is 43.4 Å². The van der Waals surface area contributed by atoms with Crippen LogP contribution >= 0.6 is 24.8 Å². The van der Waals surface area contributed by atoms with Crippen LogP contribution in [0.3, 0.4) is 0 Å². The van der Waals surface area contributed by atoms with Gasteiger partial charge in [0.2, 0.25) is 0 Å². The van der Waals surface area contributed by atoms with Crippen LogP contribution in [-0.2, 0) is 0 Å². The highest BCUT2D eigenvalue weighted by molar-refractivity contribution is 5.85. The van der Waals surface area contributed by atoms with E-state index in [-0.39, 0.29) is 48.6 Å². The van der Waals surface area contributed by atoms with Crippen molar-refractivity contribution in [3.8, 4) is 5.75 Å². The molecule has 0 amide bonds. The molecule has 2 aliphatic rings. The van der Waals surface area contributed by atoms with Gasteiger partial charge in [-0.2, -0.15) is 0 Å². The van der Waals surface area contributed by atoms with Crippen LogP contribution in [0.5, 0.6) is 5.75 Å². The van der Waals surface area contributed by atoms with Crippen LogP contribution in [0.1, 0.15) is 44.1 Å². The number of halogens is 5. The van der Waals surface area contributed by atoms with Crippen LogP contribution in [0.2, 0.25) is 0 Å². The van der Waals surface area contributed by atoms with E-state index in [0.29, 0.717) is 6.42 Å². The molecule has 1 saturated heterocycles. The molecule has 156 valence electrons. The first-order valence-electron chi connectivity index (χ1n) is 8.77. The zero-order valence-corrected chi connectivity index (χ0v) is 16.7. The third kappa shape index (κ3) is 5.41. The molecule has 3 N–H and O–H groups in total. The maximum atomic E-state index is 12.3. The molecule has 1 heterocycles. The molecule has 2 fully saturated rings. The Hall–Kier alpha value is -0.730. The van der Waals surface area contributed by atoms with Crippen molar-refractivity contribution >= 4 is 24.8 Å². The van der Waals surface area contributed by atoms with Gasteiger partial charge in [-0.25, -0.2) is 0 Å². The Bertz CT molecular complexity index is 595. The molecule has 0 radical (unpaired) electrons. The molecule has 4 nitrogen and oxygen atoms in total. The van der Waals surface area contributed by atoms with Crippen molar-refractivity contribution in [2.45, 2.75) is 62.6 Å². The number of nitrogens with zero attached hydrogens (tertiary/aromatic N) is 1. The Balaban J connectivity index is 0.00000182. The second-order valence-corrected chi connectivity index (χ2v) is 7.26. The van der Waals surface area contributed by atoms with Crippen LogP contribution in [0.15, 0.2) is 24.3 Å². The average Bonchev–Trinajstić information content (AvgIpc) is 2.54. The average molecular weight is 431 g/mol. The minimum absolute atomic E-state index is 0. The summed E-state index contributed by atoms with van der Waals surface area (Å²) >= 11 is 0. The van der Waals surface area contributed by atoms with E-state index >= 15 is 0 Å². The predicted octanol–water partition coefficient (Wildman–Crippen LogP) is 3.85. The van der Waals surface area contributed by atoms with Crippen LogP contribution < -0.4 is 10.5 Å². The maximum Gasteiger partial charge on any atom is 0.573 e. The van der Waals surface area contributed by atoms with Gasteiger partial charge in [-0.1, -0.05) is 19.1 Å². The van der Waals surface area contributed by atoms with Gasteiger partial charge in [0, 0.05) is 31.1 Å². The number of likely N-dealkylation sites (tertiary alicyclic amines) is 1. The summed E-state index contributed by atoms with van der Waals surface area (Å²) in [7, 11) is 0. The lowest BCUT2D eigenvalue weighted by Crippen LogP contribution is -2.64. The molecule has 3 rings (SSSR count). The third-order valence-corrected chi connectivity index (χ3v) is 5.77. The van der Waals surface area contributed by atoms with Gasteiger partial charge in [0.1, 0.15) is 5.75 Å². The number of hydrogen-bond acceptors (Lipinski definition) is 4. The fourth-order valence-corrected chi connectivity index (χ4v) is 4.05. The molecule has 27 heavy (non-hydrogen) atoms. The monoisotopic (exact) mass is 430 g/mol. The van der Waals surface area contributed by atoms with Gasteiger partial charge in [0.05, 0.1) is 5.60 Å². The Labute approximate surface area is 170 Å². The summed E-state index contributed by atoms with van der Waals surface area (Å²) in [6.07, 6.45) is -1.19. The highest BCUT2D eigenvalue weighted by Gasteiger charge is 2.52. The van der Waals surface area contributed by atoms with Crippen molar-refractivity contribution in [2.24, 2.45) is 5.73 Å². The summed E-state index contributed by atoms with van der Waals surface area (Å²) in [5.74, 6) is -0.410. The fourth-order valence-electron chi connectivity index (χ4n) is 4.05. The zero-order chi connectivity index (χ0) is 18.2. The van der Waals surface area contributed by atoms with Crippen molar-refractivity contribution in [2.75, 3.05) is 13.1 Å². The Morgan fingerprint density at radius 2 is 1.70 bits per heavy atom. The Morgan fingerprint density at radius 3 is 2.15 bits per heavy atom. The largest absolute Gasteiger partial charge is 0.573 e. The topological polar surface area (TPSA) is 58.7 Å². The minimum Gasteiger partial charge on any atom is -0.406 e. The van der Waals surface area contributed by atoms with Crippen molar-refractivity contribution in [1.82, 2.24) is 4.90 Å². The van der Waals surface area contributed by atoms with Crippen LogP contribution in [0.4, 0.5) is 13.2 Å². The molecule has 1 aromatic carbocycles. The second kappa shape index (κ2) is 9.18. The van der Waals surface area contributed by atoms with Crippen LogP contribution in [-0.4, -0.2) is 47.1 Å². The molecule has 1 saturated carbocycles. The van der Waals surface area contributed by atoms with Crippen molar-refractivity contribution in [3.05, 3.63) is 29.8 Å². The highest BCUT2D eigenvalue weighted by Crippen LogP contribution is 2.46. The van der Waals surface area contributed by atoms with Crippen molar-refractivity contribution in [3.63, 3.8) is 0 Å². The van der Waals surface area contributed by atoms with Crippen LogP contribution in [0.25, 0.3) is 0 Å². The van der Waals surface area contributed by atoms with E-state index in [4.69, 9.17) is 5.73 Å². The van der Waals surface area contributed by atoms with Gasteiger partial charge in [0.25, 0.3) is 0 Å². The number of alkyl halides is 3. The zero-order valence-electron chi connectivity index (χ0n) is 15.1. The fraction of sp³-hybridized carbons (Fsp3) is 0.667. The molecule has 3 atom stereocenters. The van der Waals surface area contributed by atoms with E-state index in [2.05, 4.69) is 9.64 Å². The lowest BCUT2D eigenvalue weighted by molar-refractivity contribution is -0.274. The van der Waals surface area contributed by atoms with Gasteiger partial charge >= 0.3 is 6.36 Å². The summed E-state index contributed by atoms with van der Waals surface area (Å²) in [5.41, 5.74) is 5.91. The van der Waals surface area contributed by atoms with Gasteiger partial charge in [-0.3, -0.25) is 4.90 Å². The summed E-state index contributed by atoms with van der Waals surface area (Å²) in [4.78, 5) is 2.31. The van der Waals surface area contributed by atoms with Gasteiger partial charge in [-0.15, -0.1) is 38.0 Å². The van der Waals surface area contributed by atoms with E-state index < -0.39 is 12.0 Å². The standard InChI is InChI=1S/C18H25F3N2O2.2ClH/c1-12(13-2-4-15(5-3-13)25-18(19,20)21)17(24)9-6-16(17)23-10-7-14(22)8-11-23;;/h2-5,12,14,16,24H,6-11,22H2,1H3;2*1H. The first-order chi connectivity index (χ1) is 11.7. The number of nitrogens with two attached hydrogens (primary N) is 1. The summed E-state index contributed by atoms with van der Waals surface area (Å²) in [5, 5.41) is 11.2. The first-order valence-corrected chi connectivity index (χ1v) is 8.77. The smallest absolute Gasteiger partial charge is 0.406 e. The first kappa shape index (κ1) is 24.3. The molecule has 0 spiro atoms. The number of aliphatic hydroxyl groups is 1. The molecular weight excluding hydrogens is 404 g/mol. The summed E-state index contributed by atoms with van der Waals surface area (Å²) < 4.78 is 40.7. The quantitative estimate of drug-likeness (QED) is 0.761. The lowest BCUT2D eigenvalue weighted by atomic mass is 9.64. The van der Waals surface area contributed by atoms with E-state index in [1.807, 2.05) is 6.92 Å². The molecular formula is C18H27Cl2F3N2O2.